The number of para-hydroxylation sites is 2. The van der Waals surface area contributed by atoms with Crippen molar-refractivity contribution in [3.8, 4) is 5.75 Å². The number of sulfonamides is 1. The molecule has 1 amide bonds. The SMILES string of the molecule is O=C([C@@H]1CN(S(=O)(=O)c2ccc(Cl)cc2)c2ccccc2O1)N1CCCCC1. The number of ether oxygens (including phenoxy) is 1. The van der Waals surface area contributed by atoms with E-state index in [0.717, 1.165) is 19.3 Å². The van der Waals surface area contributed by atoms with Gasteiger partial charge in [0.15, 0.2) is 6.10 Å². The van der Waals surface area contributed by atoms with Crippen LogP contribution < -0.4 is 9.04 Å². The first kappa shape index (κ1) is 19.1. The molecule has 0 aliphatic carbocycles. The van der Waals surface area contributed by atoms with Crippen LogP contribution in [0.4, 0.5) is 5.69 Å². The van der Waals surface area contributed by atoms with Crippen molar-refractivity contribution in [1.29, 1.82) is 0 Å². The van der Waals surface area contributed by atoms with E-state index in [1.54, 1.807) is 29.2 Å². The number of likely N-dealkylation sites (tertiary alicyclic amines) is 1. The van der Waals surface area contributed by atoms with Gasteiger partial charge in [-0.05, 0) is 55.7 Å². The smallest absolute Gasteiger partial charge is 0.265 e. The number of anilines is 1. The number of hydrogen-bond donors (Lipinski definition) is 0. The van der Waals surface area contributed by atoms with E-state index in [2.05, 4.69) is 0 Å². The highest BCUT2D eigenvalue weighted by Gasteiger charge is 2.39. The second-order valence-corrected chi connectivity index (χ2v) is 9.25. The van der Waals surface area contributed by atoms with Crippen LogP contribution in [0.15, 0.2) is 53.4 Å². The molecule has 0 saturated carbocycles. The number of halogens is 1. The van der Waals surface area contributed by atoms with Gasteiger partial charge in [0, 0.05) is 18.1 Å². The summed E-state index contributed by atoms with van der Waals surface area (Å²) >= 11 is 5.90. The lowest BCUT2D eigenvalue weighted by atomic mass is 10.1. The fourth-order valence-corrected chi connectivity index (χ4v) is 5.21. The van der Waals surface area contributed by atoms with E-state index in [0.29, 0.717) is 29.5 Å². The van der Waals surface area contributed by atoms with E-state index < -0.39 is 16.1 Å². The summed E-state index contributed by atoms with van der Waals surface area (Å²) in [6, 6.07) is 12.9. The molecule has 2 aliphatic rings. The minimum absolute atomic E-state index is 0.0582. The van der Waals surface area contributed by atoms with Crippen LogP contribution in [0.3, 0.4) is 0 Å². The zero-order valence-corrected chi connectivity index (χ0v) is 16.8. The summed E-state index contributed by atoms with van der Waals surface area (Å²) in [5.74, 6) is 0.229. The van der Waals surface area contributed by atoms with Gasteiger partial charge in [-0.3, -0.25) is 9.10 Å². The Morgan fingerprint density at radius 3 is 2.39 bits per heavy atom. The van der Waals surface area contributed by atoms with E-state index in [1.807, 2.05) is 0 Å². The van der Waals surface area contributed by atoms with Crippen LogP contribution in [0.25, 0.3) is 0 Å². The summed E-state index contributed by atoms with van der Waals surface area (Å²) in [7, 11) is -3.87. The van der Waals surface area contributed by atoms with Crippen molar-refractivity contribution in [3.05, 3.63) is 53.6 Å². The number of nitrogens with zero attached hydrogens (tertiary/aromatic N) is 2. The molecule has 2 aromatic carbocycles. The highest BCUT2D eigenvalue weighted by atomic mass is 35.5. The molecule has 8 heteroatoms. The monoisotopic (exact) mass is 420 g/mol. The molecule has 0 bridgehead atoms. The number of benzene rings is 2. The average molecular weight is 421 g/mol. The number of amides is 1. The predicted octanol–water partition coefficient (Wildman–Crippen LogP) is 3.31. The van der Waals surface area contributed by atoms with Crippen LogP contribution >= 0.6 is 11.6 Å². The third-order valence-corrected chi connectivity index (χ3v) is 7.13. The standard InChI is InChI=1S/C20H21ClN2O4S/c21-15-8-10-16(11-9-15)28(25,26)23-14-19(20(24)22-12-4-1-5-13-22)27-18-7-3-2-6-17(18)23/h2-3,6-11,19H,1,4-5,12-14H2/t19-/m0/s1. The molecule has 148 valence electrons. The lowest BCUT2D eigenvalue weighted by molar-refractivity contribution is -0.139. The largest absolute Gasteiger partial charge is 0.476 e. The molecule has 2 heterocycles. The lowest BCUT2D eigenvalue weighted by Crippen LogP contribution is -2.52. The Balaban J connectivity index is 1.69. The summed E-state index contributed by atoms with van der Waals surface area (Å²) in [5, 5.41) is 0.458. The quantitative estimate of drug-likeness (QED) is 0.764. The summed E-state index contributed by atoms with van der Waals surface area (Å²) < 4.78 is 33.8. The first-order valence-corrected chi connectivity index (χ1v) is 11.1. The molecule has 4 rings (SSSR count). The third-order valence-electron chi connectivity index (χ3n) is 5.08. The molecule has 28 heavy (non-hydrogen) atoms. The number of carbonyl (C=O) groups excluding carboxylic acids is 1. The van der Waals surface area contributed by atoms with Crippen LogP contribution in [0.5, 0.6) is 5.75 Å². The van der Waals surface area contributed by atoms with Gasteiger partial charge in [0.2, 0.25) is 0 Å². The fourth-order valence-electron chi connectivity index (χ4n) is 3.61. The van der Waals surface area contributed by atoms with Crippen LogP contribution in [0, 0.1) is 0 Å². The molecule has 0 radical (unpaired) electrons. The number of hydrogen-bond acceptors (Lipinski definition) is 4. The maximum absolute atomic E-state index is 13.3. The van der Waals surface area contributed by atoms with Gasteiger partial charge < -0.3 is 9.64 Å². The predicted molar refractivity (Wildman–Crippen MR) is 107 cm³/mol. The van der Waals surface area contributed by atoms with Gasteiger partial charge in [-0.25, -0.2) is 8.42 Å². The molecule has 0 unspecified atom stereocenters. The molecule has 1 fully saturated rings. The summed E-state index contributed by atoms with van der Waals surface area (Å²) in [6.07, 6.45) is 2.16. The van der Waals surface area contributed by atoms with Crippen LogP contribution in [0.1, 0.15) is 19.3 Å². The third kappa shape index (κ3) is 3.56. The Morgan fingerprint density at radius 2 is 1.68 bits per heavy atom. The van der Waals surface area contributed by atoms with Gasteiger partial charge in [0.25, 0.3) is 15.9 Å². The average Bonchev–Trinajstić information content (AvgIpc) is 2.73. The van der Waals surface area contributed by atoms with Gasteiger partial charge in [0.1, 0.15) is 5.75 Å². The van der Waals surface area contributed by atoms with E-state index in [-0.39, 0.29) is 17.3 Å². The van der Waals surface area contributed by atoms with E-state index in [4.69, 9.17) is 16.3 Å². The molecule has 2 aromatic rings. The van der Waals surface area contributed by atoms with E-state index >= 15 is 0 Å². The topological polar surface area (TPSA) is 66.9 Å². The number of piperidine rings is 1. The minimum Gasteiger partial charge on any atom is -0.476 e. The van der Waals surface area contributed by atoms with Crippen molar-refractivity contribution in [3.63, 3.8) is 0 Å². The van der Waals surface area contributed by atoms with Gasteiger partial charge in [-0.1, -0.05) is 23.7 Å². The van der Waals surface area contributed by atoms with Crippen molar-refractivity contribution in [2.75, 3.05) is 23.9 Å². The van der Waals surface area contributed by atoms with E-state index in [1.165, 1.54) is 28.6 Å². The Kier molecular flexibility index (Phi) is 5.21. The highest BCUT2D eigenvalue weighted by molar-refractivity contribution is 7.92. The van der Waals surface area contributed by atoms with E-state index in [9.17, 15) is 13.2 Å². The molecular formula is C20H21ClN2O4S. The molecule has 0 N–H and O–H groups in total. The number of carbonyl (C=O) groups is 1. The second-order valence-electron chi connectivity index (χ2n) is 6.95. The Morgan fingerprint density at radius 1 is 1.00 bits per heavy atom. The Labute approximate surface area is 169 Å². The van der Waals surface area contributed by atoms with Crippen molar-refractivity contribution in [1.82, 2.24) is 4.90 Å². The zero-order chi connectivity index (χ0) is 19.7. The number of rotatable bonds is 3. The van der Waals surface area contributed by atoms with Crippen molar-refractivity contribution >= 4 is 33.2 Å². The highest BCUT2D eigenvalue weighted by Crippen LogP contribution is 2.37. The van der Waals surface area contributed by atoms with Crippen molar-refractivity contribution in [2.45, 2.75) is 30.3 Å². The molecule has 2 aliphatic heterocycles. The van der Waals surface area contributed by atoms with Gasteiger partial charge >= 0.3 is 0 Å². The van der Waals surface area contributed by atoms with Crippen LogP contribution in [-0.2, 0) is 14.8 Å². The number of fused-ring (bicyclic) bond motifs is 1. The fraction of sp³-hybridized carbons (Fsp3) is 0.350. The molecule has 1 atom stereocenters. The summed E-state index contributed by atoms with van der Waals surface area (Å²) in [6.45, 7) is 1.31. The molecular weight excluding hydrogens is 400 g/mol. The molecule has 0 spiro atoms. The Hall–Kier alpha value is -2.25. The molecule has 1 saturated heterocycles. The summed E-state index contributed by atoms with van der Waals surface area (Å²) in [5.41, 5.74) is 0.431. The lowest BCUT2D eigenvalue weighted by Gasteiger charge is -2.37. The van der Waals surface area contributed by atoms with Gasteiger partial charge in [-0.15, -0.1) is 0 Å². The first-order valence-electron chi connectivity index (χ1n) is 9.29. The minimum atomic E-state index is -3.87. The van der Waals surface area contributed by atoms with Gasteiger partial charge in [-0.2, -0.15) is 0 Å². The maximum Gasteiger partial charge on any atom is 0.265 e. The van der Waals surface area contributed by atoms with Crippen LogP contribution in [-0.4, -0.2) is 45.0 Å². The van der Waals surface area contributed by atoms with Crippen molar-refractivity contribution in [2.24, 2.45) is 0 Å². The molecule has 6 nitrogen and oxygen atoms in total. The maximum atomic E-state index is 13.3. The summed E-state index contributed by atoms with van der Waals surface area (Å²) in [4.78, 5) is 14.9. The zero-order valence-electron chi connectivity index (χ0n) is 15.3. The second kappa shape index (κ2) is 7.64. The normalized spacial score (nSPS) is 19.7. The first-order chi connectivity index (χ1) is 13.5. The van der Waals surface area contributed by atoms with Gasteiger partial charge in [0.05, 0.1) is 17.1 Å². The van der Waals surface area contributed by atoms with Crippen LogP contribution in [0.2, 0.25) is 5.02 Å². The molecule has 0 aromatic heterocycles. The van der Waals surface area contributed by atoms with Crippen molar-refractivity contribution < 1.29 is 17.9 Å². The Bertz CT molecular complexity index is 972.